The average Bonchev–Trinajstić information content (AvgIpc) is 3.22. The lowest BCUT2D eigenvalue weighted by atomic mass is 10.0. The predicted molar refractivity (Wildman–Crippen MR) is 122 cm³/mol. The first-order valence-electron chi connectivity index (χ1n) is 10.1. The molecule has 1 aromatic heterocycles. The van der Waals surface area contributed by atoms with Crippen LogP contribution in [-0.4, -0.2) is 27.3 Å². The first-order valence-corrected chi connectivity index (χ1v) is 10.4. The Hall–Kier alpha value is -3.44. The molecule has 0 N–H and O–H groups in total. The van der Waals surface area contributed by atoms with Crippen LogP contribution >= 0.6 is 11.6 Å². The summed E-state index contributed by atoms with van der Waals surface area (Å²) in [5, 5.41) is 4.89. The third-order valence-electron chi connectivity index (χ3n) is 4.65. The molecule has 0 aliphatic carbocycles. The van der Waals surface area contributed by atoms with E-state index in [1.165, 1.54) is 4.68 Å². The molecule has 3 aromatic carbocycles. The summed E-state index contributed by atoms with van der Waals surface area (Å²) in [5.74, 6) is 0.405. The summed E-state index contributed by atoms with van der Waals surface area (Å²) >= 11 is 6.16. The SMILES string of the molecule is CC(C)COc1nc(-c2cccc(Cl)c2)n(C(=O)c2ccc(-c3ccccc3)cc2)n1. The van der Waals surface area contributed by atoms with E-state index in [0.717, 1.165) is 11.1 Å². The van der Waals surface area contributed by atoms with E-state index in [2.05, 4.69) is 10.1 Å². The van der Waals surface area contributed by atoms with Gasteiger partial charge in [-0.3, -0.25) is 4.79 Å². The molecule has 5 nitrogen and oxygen atoms in total. The van der Waals surface area contributed by atoms with E-state index in [4.69, 9.17) is 16.3 Å². The zero-order valence-electron chi connectivity index (χ0n) is 17.3. The van der Waals surface area contributed by atoms with E-state index < -0.39 is 0 Å². The zero-order valence-corrected chi connectivity index (χ0v) is 18.1. The number of aromatic nitrogens is 3. The maximum Gasteiger partial charge on any atom is 0.336 e. The fourth-order valence-corrected chi connectivity index (χ4v) is 3.30. The van der Waals surface area contributed by atoms with Crippen LogP contribution in [-0.2, 0) is 0 Å². The van der Waals surface area contributed by atoms with Crippen molar-refractivity contribution in [3.8, 4) is 28.5 Å². The Bertz CT molecular complexity index is 1190. The normalized spacial score (nSPS) is 11.0. The molecule has 0 amide bonds. The molecule has 0 spiro atoms. The summed E-state index contributed by atoms with van der Waals surface area (Å²) in [6, 6.07) is 24.8. The van der Waals surface area contributed by atoms with Crippen LogP contribution < -0.4 is 4.74 Å². The maximum atomic E-state index is 13.3. The van der Waals surface area contributed by atoms with E-state index >= 15 is 0 Å². The van der Waals surface area contributed by atoms with Gasteiger partial charge in [0.2, 0.25) is 0 Å². The second-order valence-electron chi connectivity index (χ2n) is 7.59. The maximum absolute atomic E-state index is 13.3. The number of carbonyl (C=O) groups excluding carboxylic acids is 1. The number of hydrogen-bond donors (Lipinski definition) is 0. The molecule has 0 aliphatic rings. The van der Waals surface area contributed by atoms with E-state index in [1.54, 1.807) is 24.3 Å². The first-order chi connectivity index (χ1) is 15.0. The molecule has 0 atom stereocenters. The Balaban J connectivity index is 1.69. The second-order valence-corrected chi connectivity index (χ2v) is 8.03. The largest absolute Gasteiger partial charge is 0.462 e. The lowest BCUT2D eigenvalue weighted by molar-refractivity contribution is 0.0944. The van der Waals surface area contributed by atoms with Gasteiger partial charge < -0.3 is 4.74 Å². The summed E-state index contributed by atoms with van der Waals surface area (Å²) in [6.45, 7) is 4.53. The van der Waals surface area contributed by atoms with Gasteiger partial charge in [0.15, 0.2) is 5.82 Å². The van der Waals surface area contributed by atoms with E-state index in [9.17, 15) is 4.79 Å². The molecule has 0 radical (unpaired) electrons. The summed E-state index contributed by atoms with van der Waals surface area (Å²) in [4.78, 5) is 17.8. The van der Waals surface area contributed by atoms with Gasteiger partial charge in [0.25, 0.3) is 5.91 Å². The third kappa shape index (κ3) is 4.84. The van der Waals surface area contributed by atoms with Crippen molar-refractivity contribution in [1.82, 2.24) is 14.8 Å². The van der Waals surface area contributed by atoms with Gasteiger partial charge in [-0.2, -0.15) is 9.67 Å². The Kier molecular flexibility index (Phi) is 6.14. The number of ether oxygens (including phenoxy) is 1. The van der Waals surface area contributed by atoms with E-state index in [0.29, 0.717) is 34.5 Å². The molecule has 6 heteroatoms. The minimum absolute atomic E-state index is 0.165. The highest BCUT2D eigenvalue weighted by molar-refractivity contribution is 6.30. The highest BCUT2D eigenvalue weighted by Gasteiger charge is 2.20. The molecular formula is C25H22ClN3O2. The molecule has 31 heavy (non-hydrogen) atoms. The minimum Gasteiger partial charge on any atom is -0.462 e. The Morgan fingerprint density at radius 1 is 0.935 bits per heavy atom. The van der Waals surface area contributed by atoms with Crippen LogP contribution in [0.15, 0.2) is 78.9 Å². The highest BCUT2D eigenvalue weighted by Crippen LogP contribution is 2.25. The molecule has 4 aromatic rings. The number of hydrogen-bond acceptors (Lipinski definition) is 4. The Morgan fingerprint density at radius 2 is 1.61 bits per heavy atom. The van der Waals surface area contributed by atoms with Crippen LogP contribution in [0.3, 0.4) is 0 Å². The molecule has 1 heterocycles. The average molecular weight is 432 g/mol. The second kappa shape index (κ2) is 9.14. The van der Waals surface area contributed by atoms with Crippen molar-refractivity contribution in [2.75, 3.05) is 6.61 Å². The Morgan fingerprint density at radius 3 is 2.29 bits per heavy atom. The molecule has 4 rings (SSSR count). The van der Waals surface area contributed by atoms with Crippen LogP contribution in [0.2, 0.25) is 5.02 Å². The van der Waals surface area contributed by atoms with Gasteiger partial charge in [0, 0.05) is 16.1 Å². The zero-order chi connectivity index (χ0) is 21.8. The molecule has 0 saturated heterocycles. The standard InChI is InChI=1S/C25H22ClN3O2/c1-17(2)16-31-25-27-23(21-9-6-10-22(26)15-21)29(28-25)24(30)20-13-11-19(12-14-20)18-7-4-3-5-8-18/h3-15,17H,16H2,1-2H3. The number of nitrogens with zero attached hydrogens (tertiary/aromatic N) is 3. The lowest BCUT2D eigenvalue weighted by Crippen LogP contribution is -2.15. The molecular weight excluding hydrogens is 410 g/mol. The molecule has 0 aliphatic heterocycles. The summed E-state index contributed by atoms with van der Waals surface area (Å²) in [7, 11) is 0. The molecule has 0 bridgehead atoms. The molecule has 0 unspecified atom stereocenters. The van der Waals surface area contributed by atoms with Crippen molar-refractivity contribution in [3.63, 3.8) is 0 Å². The summed E-state index contributed by atoms with van der Waals surface area (Å²) in [5.41, 5.74) is 3.31. The number of rotatable bonds is 6. The van der Waals surface area contributed by atoms with Gasteiger partial charge in [-0.1, -0.05) is 80.0 Å². The van der Waals surface area contributed by atoms with Gasteiger partial charge >= 0.3 is 6.01 Å². The van der Waals surface area contributed by atoms with Crippen molar-refractivity contribution in [1.29, 1.82) is 0 Å². The van der Waals surface area contributed by atoms with Crippen LogP contribution in [0.5, 0.6) is 6.01 Å². The van der Waals surface area contributed by atoms with Crippen LogP contribution in [0.4, 0.5) is 0 Å². The fraction of sp³-hybridized carbons (Fsp3) is 0.160. The summed E-state index contributed by atoms with van der Waals surface area (Å²) < 4.78 is 6.95. The van der Waals surface area contributed by atoms with Crippen molar-refractivity contribution >= 4 is 17.5 Å². The third-order valence-corrected chi connectivity index (χ3v) is 4.88. The number of halogens is 1. The quantitative estimate of drug-likeness (QED) is 0.376. The van der Waals surface area contributed by atoms with Gasteiger partial charge in [-0.15, -0.1) is 5.10 Å². The van der Waals surface area contributed by atoms with Gasteiger partial charge in [0.05, 0.1) is 6.61 Å². The van der Waals surface area contributed by atoms with Crippen molar-refractivity contribution in [3.05, 3.63) is 89.4 Å². The Labute approximate surface area is 186 Å². The van der Waals surface area contributed by atoms with Crippen molar-refractivity contribution in [2.45, 2.75) is 13.8 Å². The lowest BCUT2D eigenvalue weighted by Gasteiger charge is -2.07. The molecule has 156 valence electrons. The van der Waals surface area contributed by atoms with Crippen LogP contribution in [0.1, 0.15) is 24.2 Å². The van der Waals surface area contributed by atoms with E-state index in [-0.39, 0.29) is 11.9 Å². The summed E-state index contributed by atoms with van der Waals surface area (Å²) in [6.07, 6.45) is 0. The smallest absolute Gasteiger partial charge is 0.336 e. The first kappa shape index (κ1) is 20.8. The minimum atomic E-state index is -0.290. The van der Waals surface area contributed by atoms with Gasteiger partial charge in [0.1, 0.15) is 0 Å². The number of benzene rings is 3. The van der Waals surface area contributed by atoms with Gasteiger partial charge in [-0.25, -0.2) is 0 Å². The van der Waals surface area contributed by atoms with Crippen molar-refractivity contribution in [2.24, 2.45) is 5.92 Å². The van der Waals surface area contributed by atoms with Crippen LogP contribution in [0.25, 0.3) is 22.5 Å². The molecule has 0 fully saturated rings. The topological polar surface area (TPSA) is 57.0 Å². The number of carbonyl (C=O) groups is 1. The highest BCUT2D eigenvalue weighted by atomic mass is 35.5. The van der Waals surface area contributed by atoms with Gasteiger partial charge in [-0.05, 0) is 41.3 Å². The van der Waals surface area contributed by atoms with Crippen molar-refractivity contribution < 1.29 is 9.53 Å². The van der Waals surface area contributed by atoms with E-state index in [1.807, 2.05) is 68.4 Å². The molecule has 0 saturated carbocycles. The predicted octanol–water partition coefficient (Wildman–Crippen LogP) is 5.99. The van der Waals surface area contributed by atoms with Crippen LogP contribution in [0, 0.1) is 5.92 Å². The fourth-order valence-electron chi connectivity index (χ4n) is 3.11. The monoisotopic (exact) mass is 431 g/mol.